The highest BCUT2D eigenvalue weighted by Crippen LogP contribution is 2.34. The van der Waals surface area contributed by atoms with E-state index in [2.05, 4.69) is 26.8 Å². The van der Waals surface area contributed by atoms with E-state index in [1.165, 1.54) is 5.56 Å². The summed E-state index contributed by atoms with van der Waals surface area (Å²) >= 11 is 0. The lowest BCUT2D eigenvalue weighted by Crippen LogP contribution is -2.13. The minimum Gasteiger partial charge on any atom is -0.496 e. The van der Waals surface area contributed by atoms with Gasteiger partial charge in [-0.05, 0) is 23.0 Å². The maximum atomic E-state index is 10.4. The molecule has 0 atom stereocenters. The van der Waals surface area contributed by atoms with Gasteiger partial charge in [0.15, 0.2) is 0 Å². The molecule has 0 bridgehead atoms. The van der Waals surface area contributed by atoms with Gasteiger partial charge in [0.05, 0.1) is 7.11 Å². The Labute approximate surface area is 97.6 Å². The number of carbonyl (C=O) groups excluding carboxylic acids is 1. The monoisotopic (exact) mass is 220 g/mol. The van der Waals surface area contributed by atoms with Crippen LogP contribution in [0.5, 0.6) is 5.75 Å². The quantitative estimate of drug-likeness (QED) is 0.729. The first-order chi connectivity index (χ1) is 7.50. The second kappa shape index (κ2) is 5.15. The van der Waals surface area contributed by atoms with Gasteiger partial charge in [0, 0.05) is 6.42 Å². The van der Waals surface area contributed by atoms with Gasteiger partial charge in [-0.15, -0.1) is 0 Å². The van der Waals surface area contributed by atoms with Gasteiger partial charge >= 0.3 is 0 Å². The number of aryl methyl sites for hydroxylation is 1. The molecule has 2 nitrogen and oxygen atoms in total. The largest absolute Gasteiger partial charge is 0.496 e. The van der Waals surface area contributed by atoms with Crippen LogP contribution in [0.4, 0.5) is 0 Å². The molecule has 0 aliphatic rings. The molecule has 0 saturated carbocycles. The summed E-state index contributed by atoms with van der Waals surface area (Å²) in [6.45, 7) is 6.48. The Balaban J connectivity index is 3.15. The summed E-state index contributed by atoms with van der Waals surface area (Å²) in [5.41, 5.74) is 2.36. The smallest absolute Gasteiger partial charge is 0.125 e. The zero-order valence-electron chi connectivity index (χ0n) is 10.5. The van der Waals surface area contributed by atoms with E-state index in [0.29, 0.717) is 6.42 Å². The van der Waals surface area contributed by atoms with E-state index in [-0.39, 0.29) is 5.41 Å². The van der Waals surface area contributed by atoms with Gasteiger partial charge in [-0.25, -0.2) is 0 Å². The third-order valence-corrected chi connectivity index (χ3v) is 2.64. The molecular weight excluding hydrogens is 200 g/mol. The van der Waals surface area contributed by atoms with Crippen molar-refractivity contribution in [2.75, 3.05) is 7.11 Å². The summed E-state index contributed by atoms with van der Waals surface area (Å²) < 4.78 is 5.48. The van der Waals surface area contributed by atoms with Crippen molar-refractivity contribution in [2.24, 2.45) is 0 Å². The molecule has 0 saturated heterocycles. The second-order valence-electron chi connectivity index (χ2n) is 4.95. The zero-order valence-corrected chi connectivity index (χ0v) is 10.5. The van der Waals surface area contributed by atoms with Crippen LogP contribution in [-0.2, 0) is 16.6 Å². The summed E-state index contributed by atoms with van der Waals surface area (Å²) in [7, 11) is 1.69. The molecule has 0 fully saturated rings. The highest BCUT2D eigenvalue weighted by Gasteiger charge is 2.20. The van der Waals surface area contributed by atoms with Crippen LogP contribution in [0.3, 0.4) is 0 Å². The molecule has 0 amide bonds. The van der Waals surface area contributed by atoms with E-state index >= 15 is 0 Å². The van der Waals surface area contributed by atoms with E-state index in [0.717, 1.165) is 24.0 Å². The van der Waals surface area contributed by atoms with Crippen molar-refractivity contribution in [1.82, 2.24) is 0 Å². The Bertz CT molecular complexity index is 361. The number of ether oxygens (including phenoxy) is 1. The van der Waals surface area contributed by atoms with Crippen molar-refractivity contribution in [3.05, 3.63) is 29.3 Å². The number of para-hydroxylation sites is 1. The second-order valence-corrected chi connectivity index (χ2v) is 4.95. The normalized spacial score (nSPS) is 11.2. The fourth-order valence-corrected chi connectivity index (χ4v) is 1.83. The first kappa shape index (κ1) is 12.8. The fraction of sp³-hybridized carbons (Fsp3) is 0.500. The molecule has 1 aromatic rings. The third kappa shape index (κ3) is 2.84. The minimum absolute atomic E-state index is 0.0581. The molecule has 2 heteroatoms. The van der Waals surface area contributed by atoms with E-state index in [1.807, 2.05) is 12.1 Å². The Morgan fingerprint density at radius 3 is 2.50 bits per heavy atom. The maximum Gasteiger partial charge on any atom is 0.125 e. The van der Waals surface area contributed by atoms with E-state index in [1.54, 1.807) is 7.11 Å². The molecule has 0 spiro atoms. The molecule has 16 heavy (non-hydrogen) atoms. The number of hydrogen-bond acceptors (Lipinski definition) is 2. The van der Waals surface area contributed by atoms with E-state index in [4.69, 9.17) is 4.74 Å². The molecule has 0 N–H and O–H groups in total. The summed E-state index contributed by atoms with van der Waals surface area (Å²) in [6.07, 6.45) is 2.24. The number of benzene rings is 1. The van der Waals surface area contributed by atoms with Crippen LogP contribution in [0.2, 0.25) is 0 Å². The van der Waals surface area contributed by atoms with E-state index in [9.17, 15) is 4.79 Å². The SMILES string of the molecule is COc1c(CCC=O)cccc1C(C)(C)C. The van der Waals surface area contributed by atoms with Gasteiger partial charge in [0.2, 0.25) is 0 Å². The maximum absolute atomic E-state index is 10.4. The summed E-state index contributed by atoms with van der Waals surface area (Å²) in [4.78, 5) is 10.4. The van der Waals surface area contributed by atoms with Crippen LogP contribution in [0.15, 0.2) is 18.2 Å². The van der Waals surface area contributed by atoms with Gasteiger partial charge in [-0.1, -0.05) is 39.0 Å². The van der Waals surface area contributed by atoms with Crippen molar-refractivity contribution < 1.29 is 9.53 Å². The molecule has 0 radical (unpaired) electrons. The van der Waals surface area contributed by atoms with Crippen molar-refractivity contribution >= 4 is 6.29 Å². The summed E-state index contributed by atoms with van der Waals surface area (Å²) in [5, 5.41) is 0. The Morgan fingerprint density at radius 2 is 2.00 bits per heavy atom. The highest BCUT2D eigenvalue weighted by molar-refractivity contribution is 5.52. The molecule has 0 aliphatic heterocycles. The summed E-state index contributed by atoms with van der Waals surface area (Å²) in [6, 6.07) is 6.14. The summed E-state index contributed by atoms with van der Waals surface area (Å²) in [5.74, 6) is 0.928. The van der Waals surface area contributed by atoms with Crippen LogP contribution in [0, 0.1) is 0 Å². The molecule has 1 rings (SSSR count). The predicted octanol–water partition coefficient (Wildman–Crippen LogP) is 3.12. The van der Waals surface area contributed by atoms with Crippen LogP contribution in [0.1, 0.15) is 38.3 Å². The molecule has 0 heterocycles. The first-order valence-electron chi connectivity index (χ1n) is 5.60. The molecular formula is C14H20O2. The molecule has 88 valence electrons. The topological polar surface area (TPSA) is 26.3 Å². The Hall–Kier alpha value is -1.31. The molecule has 0 unspecified atom stereocenters. The van der Waals surface area contributed by atoms with Gasteiger partial charge in [-0.3, -0.25) is 0 Å². The Kier molecular flexibility index (Phi) is 4.11. The van der Waals surface area contributed by atoms with Crippen molar-refractivity contribution in [3.8, 4) is 5.75 Å². The van der Waals surface area contributed by atoms with Crippen molar-refractivity contribution in [1.29, 1.82) is 0 Å². The van der Waals surface area contributed by atoms with Crippen molar-refractivity contribution in [3.63, 3.8) is 0 Å². The van der Waals surface area contributed by atoms with Crippen LogP contribution in [-0.4, -0.2) is 13.4 Å². The predicted molar refractivity (Wildman–Crippen MR) is 66.1 cm³/mol. The zero-order chi connectivity index (χ0) is 12.2. The standard InChI is InChI=1S/C14H20O2/c1-14(2,3)12-9-5-7-11(8-6-10-15)13(12)16-4/h5,7,9-10H,6,8H2,1-4H3. The number of carbonyl (C=O) groups is 1. The average molecular weight is 220 g/mol. The van der Waals surface area contributed by atoms with Gasteiger partial charge in [0.25, 0.3) is 0 Å². The number of methoxy groups -OCH3 is 1. The van der Waals surface area contributed by atoms with Gasteiger partial charge in [-0.2, -0.15) is 0 Å². The lowest BCUT2D eigenvalue weighted by atomic mass is 9.84. The first-order valence-corrected chi connectivity index (χ1v) is 5.60. The highest BCUT2D eigenvalue weighted by atomic mass is 16.5. The molecule has 0 aromatic heterocycles. The molecule has 1 aromatic carbocycles. The van der Waals surface area contributed by atoms with Crippen molar-refractivity contribution in [2.45, 2.75) is 39.0 Å². The number of aldehydes is 1. The third-order valence-electron chi connectivity index (χ3n) is 2.64. The average Bonchev–Trinajstić information content (AvgIpc) is 2.24. The van der Waals surface area contributed by atoms with Crippen LogP contribution < -0.4 is 4.74 Å². The fourth-order valence-electron chi connectivity index (χ4n) is 1.83. The molecule has 0 aliphatic carbocycles. The minimum atomic E-state index is 0.0581. The Morgan fingerprint density at radius 1 is 1.31 bits per heavy atom. The van der Waals surface area contributed by atoms with Crippen LogP contribution >= 0.6 is 0 Å². The number of rotatable bonds is 4. The van der Waals surface area contributed by atoms with Gasteiger partial charge < -0.3 is 9.53 Å². The lowest BCUT2D eigenvalue weighted by molar-refractivity contribution is -0.107. The number of hydrogen-bond donors (Lipinski definition) is 0. The van der Waals surface area contributed by atoms with Gasteiger partial charge in [0.1, 0.15) is 12.0 Å². The van der Waals surface area contributed by atoms with Crippen LogP contribution in [0.25, 0.3) is 0 Å². The van der Waals surface area contributed by atoms with E-state index < -0.39 is 0 Å². The lowest BCUT2D eigenvalue weighted by Gasteiger charge is -2.23.